The normalized spacial score (nSPS) is 17.8. The van der Waals surface area contributed by atoms with Gasteiger partial charge in [0.15, 0.2) is 0 Å². The number of hydrogen-bond donors (Lipinski definition) is 2. The third-order valence-corrected chi connectivity index (χ3v) is 2.15. The number of hydrogen-bond acceptors (Lipinski definition) is 3. The molecule has 4 heteroatoms. The number of nitrogens with zero attached hydrogens (tertiary/aromatic N) is 1. The van der Waals surface area contributed by atoms with Crippen LogP contribution >= 0.6 is 0 Å². The van der Waals surface area contributed by atoms with Crippen LogP contribution in [0.3, 0.4) is 0 Å². The number of primary amides is 1. The molecular formula is C8H17N3O. The summed E-state index contributed by atoms with van der Waals surface area (Å²) in [4.78, 5) is 12.8. The lowest BCUT2D eigenvalue weighted by Gasteiger charge is -2.37. The second-order valence-electron chi connectivity index (χ2n) is 3.25. The fourth-order valence-electron chi connectivity index (χ4n) is 1.41. The number of carbonyl (C=O) groups is 1. The molecule has 0 aromatic rings. The van der Waals surface area contributed by atoms with Crippen LogP contribution in [-0.2, 0) is 4.79 Å². The molecule has 1 aliphatic rings. The predicted molar refractivity (Wildman–Crippen MR) is 47.7 cm³/mol. The summed E-state index contributed by atoms with van der Waals surface area (Å²) in [6.07, 6.45) is 1.07. The van der Waals surface area contributed by atoms with E-state index in [0.717, 1.165) is 26.1 Å². The molecule has 0 aliphatic carbocycles. The lowest BCUT2D eigenvalue weighted by Crippen LogP contribution is -2.58. The van der Waals surface area contributed by atoms with E-state index in [-0.39, 0.29) is 5.91 Å². The molecule has 0 aromatic heterocycles. The van der Waals surface area contributed by atoms with Gasteiger partial charge in [0.25, 0.3) is 0 Å². The van der Waals surface area contributed by atoms with Crippen molar-refractivity contribution in [2.75, 3.05) is 26.2 Å². The van der Waals surface area contributed by atoms with Crippen LogP contribution in [0, 0.1) is 0 Å². The Bertz CT molecular complexity index is 156. The first-order valence-corrected chi connectivity index (χ1v) is 4.47. The lowest BCUT2D eigenvalue weighted by molar-refractivity contribution is -0.120. The monoisotopic (exact) mass is 171 g/mol. The minimum atomic E-state index is -0.227. The van der Waals surface area contributed by atoms with Crippen molar-refractivity contribution in [1.29, 1.82) is 0 Å². The third kappa shape index (κ3) is 2.46. The van der Waals surface area contributed by atoms with Gasteiger partial charge in [0.05, 0.1) is 6.54 Å². The van der Waals surface area contributed by atoms with E-state index in [1.54, 1.807) is 0 Å². The van der Waals surface area contributed by atoms with Crippen LogP contribution in [0.25, 0.3) is 0 Å². The van der Waals surface area contributed by atoms with Gasteiger partial charge in [-0.25, -0.2) is 0 Å². The van der Waals surface area contributed by atoms with Crippen molar-refractivity contribution in [2.24, 2.45) is 5.73 Å². The molecule has 0 unspecified atom stereocenters. The Labute approximate surface area is 73.1 Å². The Balaban J connectivity index is 2.31. The van der Waals surface area contributed by atoms with Gasteiger partial charge < -0.3 is 11.1 Å². The highest BCUT2D eigenvalue weighted by Gasteiger charge is 2.24. The summed E-state index contributed by atoms with van der Waals surface area (Å²) in [6, 6.07) is 0.525. The summed E-state index contributed by atoms with van der Waals surface area (Å²) < 4.78 is 0. The molecule has 70 valence electrons. The van der Waals surface area contributed by atoms with Gasteiger partial charge in [-0.3, -0.25) is 9.69 Å². The first kappa shape index (κ1) is 9.48. The van der Waals surface area contributed by atoms with Crippen molar-refractivity contribution in [3.8, 4) is 0 Å². The Morgan fingerprint density at radius 3 is 2.67 bits per heavy atom. The summed E-state index contributed by atoms with van der Waals surface area (Å²) in [5, 5.41) is 3.18. The first-order valence-electron chi connectivity index (χ1n) is 4.47. The van der Waals surface area contributed by atoms with Gasteiger partial charge in [-0.1, -0.05) is 6.92 Å². The Hall–Kier alpha value is -0.610. The molecule has 0 bridgehead atoms. The highest BCUT2D eigenvalue weighted by Crippen LogP contribution is 2.04. The van der Waals surface area contributed by atoms with Gasteiger partial charge in [-0.2, -0.15) is 0 Å². The van der Waals surface area contributed by atoms with Gasteiger partial charge >= 0.3 is 0 Å². The Kier molecular flexibility index (Phi) is 3.49. The molecule has 12 heavy (non-hydrogen) atoms. The highest BCUT2D eigenvalue weighted by molar-refractivity contribution is 5.75. The summed E-state index contributed by atoms with van der Waals surface area (Å²) in [7, 11) is 0. The van der Waals surface area contributed by atoms with E-state index in [2.05, 4.69) is 17.1 Å². The van der Waals surface area contributed by atoms with Crippen molar-refractivity contribution in [1.82, 2.24) is 10.2 Å². The maximum atomic E-state index is 10.7. The molecule has 0 saturated carbocycles. The summed E-state index contributed by atoms with van der Waals surface area (Å²) >= 11 is 0. The Morgan fingerprint density at radius 1 is 1.67 bits per heavy atom. The summed E-state index contributed by atoms with van der Waals surface area (Å²) in [5.74, 6) is -0.227. The summed E-state index contributed by atoms with van der Waals surface area (Å²) in [5.41, 5.74) is 5.14. The molecule has 1 heterocycles. The molecule has 0 aromatic carbocycles. The molecule has 1 aliphatic heterocycles. The van der Waals surface area contributed by atoms with E-state index < -0.39 is 0 Å². The average molecular weight is 171 g/mol. The van der Waals surface area contributed by atoms with Gasteiger partial charge in [0.2, 0.25) is 5.91 Å². The van der Waals surface area contributed by atoms with Gasteiger partial charge in [0.1, 0.15) is 0 Å². The average Bonchev–Trinajstić information content (AvgIpc) is 1.81. The minimum Gasteiger partial charge on any atom is -0.369 e. The second-order valence-corrected chi connectivity index (χ2v) is 3.25. The van der Waals surface area contributed by atoms with E-state index in [0.29, 0.717) is 12.6 Å². The standard InChI is InChI=1S/C8H17N3O/c1-2-3-11(6-8(9)12)7-4-10-5-7/h7,10H,2-6H2,1H3,(H2,9,12). The number of nitrogens with two attached hydrogens (primary N) is 1. The smallest absolute Gasteiger partial charge is 0.231 e. The van der Waals surface area contributed by atoms with Crippen LogP contribution in [0.1, 0.15) is 13.3 Å². The van der Waals surface area contributed by atoms with Crippen molar-refractivity contribution < 1.29 is 4.79 Å². The topological polar surface area (TPSA) is 58.4 Å². The zero-order valence-electron chi connectivity index (χ0n) is 7.55. The van der Waals surface area contributed by atoms with Crippen molar-refractivity contribution in [2.45, 2.75) is 19.4 Å². The lowest BCUT2D eigenvalue weighted by atomic mass is 10.1. The van der Waals surface area contributed by atoms with E-state index >= 15 is 0 Å². The van der Waals surface area contributed by atoms with Crippen LogP contribution in [0.15, 0.2) is 0 Å². The SMILES string of the molecule is CCCN(CC(N)=O)C1CNC1. The second kappa shape index (κ2) is 4.42. The molecule has 0 spiro atoms. The van der Waals surface area contributed by atoms with Crippen LogP contribution < -0.4 is 11.1 Å². The van der Waals surface area contributed by atoms with Gasteiger partial charge in [-0.15, -0.1) is 0 Å². The number of nitrogens with one attached hydrogen (secondary N) is 1. The molecule has 1 amide bonds. The maximum Gasteiger partial charge on any atom is 0.231 e. The Morgan fingerprint density at radius 2 is 2.33 bits per heavy atom. The van der Waals surface area contributed by atoms with E-state index in [1.807, 2.05) is 0 Å². The van der Waals surface area contributed by atoms with E-state index in [4.69, 9.17) is 5.73 Å². The molecule has 0 radical (unpaired) electrons. The van der Waals surface area contributed by atoms with Crippen LogP contribution in [0.4, 0.5) is 0 Å². The zero-order valence-corrected chi connectivity index (χ0v) is 7.55. The van der Waals surface area contributed by atoms with E-state index in [9.17, 15) is 4.79 Å². The predicted octanol–water partition coefficient (Wildman–Crippen LogP) is -0.844. The van der Waals surface area contributed by atoms with Gasteiger partial charge in [0, 0.05) is 19.1 Å². The van der Waals surface area contributed by atoms with Gasteiger partial charge in [-0.05, 0) is 13.0 Å². The quantitative estimate of drug-likeness (QED) is 0.567. The molecular weight excluding hydrogens is 154 g/mol. The number of rotatable bonds is 5. The molecule has 1 fully saturated rings. The highest BCUT2D eigenvalue weighted by atomic mass is 16.1. The van der Waals surface area contributed by atoms with Crippen molar-refractivity contribution >= 4 is 5.91 Å². The molecule has 1 saturated heterocycles. The molecule has 3 N–H and O–H groups in total. The molecule has 0 atom stereocenters. The van der Waals surface area contributed by atoms with Crippen LogP contribution in [0.5, 0.6) is 0 Å². The summed E-state index contributed by atoms with van der Waals surface area (Å²) in [6.45, 7) is 5.47. The van der Waals surface area contributed by atoms with Crippen LogP contribution in [-0.4, -0.2) is 43.0 Å². The zero-order chi connectivity index (χ0) is 8.97. The minimum absolute atomic E-state index is 0.227. The largest absolute Gasteiger partial charge is 0.369 e. The van der Waals surface area contributed by atoms with Crippen LogP contribution in [0.2, 0.25) is 0 Å². The maximum absolute atomic E-state index is 10.7. The number of carbonyl (C=O) groups excluding carboxylic acids is 1. The first-order chi connectivity index (χ1) is 5.74. The third-order valence-electron chi connectivity index (χ3n) is 2.15. The molecule has 1 rings (SSSR count). The fourth-order valence-corrected chi connectivity index (χ4v) is 1.41. The number of amides is 1. The molecule has 4 nitrogen and oxygen atoms in total. The fraction of sp³-hybridized carbons (Fsp3) is 0.875. The van der Waals surface area contributed by atoms with Crippen molar-refractivity contribution in [3.63, 3.8) is 0 Å². The van der Waals surface area contributed by atoms with Crippen molar-refractivity contribution in [3.05, 3.63) is 0 Å². The van der Waals surface area contributed by atoms with E-state index in [1.165, 1.54) is 0 Å².